The van der Waals surface area contributed by atoms with E-state index in [-0.39, 0.29) is 38.8 Å². The van der Waals surface area contributed by atoms with Crippen LogP contribution >= 0.6 is 7.92 Å². The molecule has 2 atom stereocenters. The van der Waals surface area contributed by atoms with Crippen molar-refractivity contribution in [2.24, 2.45) is 0 Å². The highest BCUT2D eigenvalue weighted by Crippen LogP contribution is 2.69. The molecule has 3 nitrogen and oxygen atoms in total. The van der Waals surface area contributed by atoms with E-state index in [0.29, 0.717) is 24.3 Å². The van der Waals surface area contributed by atoms with Crippen LogP contribution in [0.3, 0.4) is 0 Å². The Morgan fingerprint density at radius 1 is 0.475 bits per heavy atom. The number of carbonyl (C=O) groups is 1. The number of carbonyl (C=O) groups excluding carboxylic acids is 1. The maximum atomic E-state index is 14.8. The van der Waals surface area contributed by atoms with Crippen LogP contribution in [-0.4, -0.2) is 16.0 Å². The number of rotatable bonds is 5. The molecule has 1 aliphatic rings. The van der Waals surface area contributed by atoms with Gasteiger partial charge in [0.05, 0.1) is 0 Å². The van der Waals surface area contributed by atoms with Crippen LogP contribution in [0.1, 0.15) is 174 Å². The summed E-state index contributed by atoms with van der Waals surface area (Å²) in [7, 11) is -1.22. The van der Waals surface area contributed by atoms with Gasteiger partial charge in [-0.15, -0.1) is 0 Å². The molecule has 4 heteroatoms. The molecule has 1 aliphatic heterocycles. The lowest BCUT2D eigenvalue weighted by Gasteiger charge is -2.43. The van der Waals surface area contributed by atoms with Crippen LogP contribution < -0.4 is 5.30 Å². The number of phenolic OH excluding ortho intramolecular Hbond substituents is 2. The van der Waals surface area contributed by atoms with Gasteiger partial charge in [-0.2, -0.15) is 0 Å². The summed E-state index contributed by atoms with van der Waals surface area (Å²) in [6.45, 7) is 39.4. The van der Waals surface area contributed by atoms with Crippen molar-refractivity contribution >= 4 is 19.0 Å². The topological polar surface area (TPSA) is 57.5 Å². The average Bonchev–Trinajstić information content (AvgIpc) is 3.09. The number of hydrogen-bond acceptors (Lipinski definition) is 3. The summed E-state index contributed by atoms with van der Waals surface area (Å²) < 4.78 is 0. The lowest BCUT2D eigenvalue weighted by atomic mass is 9.77. The highest BCUT2D eigenvalue weighted by molar-refractivity contribution is 7.67. The van der Waals surface area contributed by atoms with Crippen LogP contribution in [0.2, 0.25) is 0 Å². The van der Waals surface area contributed by atoms with Crippen LogP contribution in [0, 0.1) is 41.5 Å². The number of benzene rings is 5. The smallest absolute Gasteiger partial charge is 0.134 e. The van der Waals surface area contributed by atoms with Gasteiger partial charge in [0.1, 0.15) is 17.3 Å². The fraction of sp³-hybridized carbons (Fsp3) is 0.456. The number of ketones is 1. The molecule has 0 spiro atoms. The molecule has 5 aromatic carbocycles. The number of aryl methyl sites for hydroxylation is 6. The van der Waals surface area contributed by atoms with Gasteiger partial charge in [0.15, 0.2) is 0 Å². The minimum absolute atomic E-state index is 0.147. The van der Waals surface area contributed by atoms with E-state index in [0.717, 1.165) is 33.4 Å². The van der Waals surface area contributed by atoms with Crippen LogP contribution in [0.5, 0.6) is 11.5 Å². The van der Waals surface area contributed by atoms with Crippen molar-refractivity contribution in [3.8, 4) is 33.8 Å². The molecule has 6 rings (SSSR count). The zero-order chi connectivity index (χ0) is 45.5. The quantitative estimate of drug-likeness (QED) is 0.173. The molecule has 0 amide bonds. The highest BCUT2D eigenvalue weighted by Gasteiger charge is 2.44. The standard InChI is InChI=1S/C57H73O3P/c1-32-22-34(3)49(35(4)23-32)41-20-19-21-42(50-36(5)24-33(2)25-37(50)6)53(41)61-47(38-26-43(54(7,8)9)51(59)44(27-38)55(10,11)12)30-40(58)31-48(61)39-28-45(56(13,14)15)52(60)46(29-39)57(16,17)18/h19-29,47-48,59-60H,30-31H2,1-18H3. The van der Waals surface area contributed by atoms with E-state index in [1.54, 1.807) is 0 Å². The molecular weight excluding hydrogens is 764 g/mol. The molecule has 61 heavy (non-hydrogen) atoms. The SMILES string of the molecule is Cc1cc(C)c(-c2cccc(-c3c(C)cc(C)cc3C)c2P2C(c3cc(C(C)(C)C)c(O)c(C(C)(C)C)c3)CC(=O)CC2c2cc(C(C)(C)C)c(O)c(C(C)(C)C)c2)c(C)c1. The first kappa shape index (κ1) is 46.3. The minimum atomic E-state index is -1.22. The third kappa shape index (κ3) is 9.02. The minimum Gasteiger partial charge on any atom is -0.507 e. The first-order valence-corrected chi connectivity index (χ1v) is 23.8. The van der Waals surface area contributed by atoms with Crippen molar-refractivity contribution in [3.05, 3.63) is 133 Å². The summed E-state index contributed by atoms with van der Waals surface area (Å²) in [5, 5.41) is 25.4. The van der Waals surface area contributed by atoms with E-state index < -0.39 is 7.92 Å². The monoisotopic (exact) mass is 837 g/mol. The Kier molecular flexibility index (Phi) is 12.3. The number of phenols is 2. The summed E-state index contributed by atoms with van der Waals surface area (Å²) in [5.41, 5.74) is 16.7. The molecule has 5 aromatic rings. The number of Topliss-reactive ketones (excluding diaryl/α,β-unsaturated/α-hetero) is 1. The number of hydrogen-bond donors (Lipinski definition) is 2. The van der Waals surface area contributed by atoms with Crippen LogP contribution in [0.4, 0.5) is 0 Å². The second kappa shape index (κ2) is 16.2. The summed E-state index contributed by atoms with van der Waals surface area (Å²) in [6, 6.07) is 25.1. The largest absolute Gasteiger partial charge is 0.507 e. The van der Waals surface area contributed by atoms with Gasteiger partial charge >= 0.3 is 0 Å². The fourth-order valence-corrected chi connectivity index (χ4v) is 13.9. The van der Waals surface area contributed by atoms with E-state index in [1.807, 2.05) is 0 Å². The van der Waals surface area contributed by atoms with Crippen molar-refractivity contribution in [1.82, 2.24) is 0 Å². The molecule has 0 radical (unpaired) electrons. The Balaban J connectivity index is 1.87. The lowest BCUT2D eigenvalue weighted by molar-refractivity contribution is -0.119. The van der Waals surface area contributed by atoms with E-state index in [9.17, 15) is 15.0 Å². The van der Waals surface area contributed by atoms with Gasteiger partial charge in [0.25, 0.3) is 0 Å². The zero-order valence-electron chi connectivity index (χ0n) is 40.7. The molecule has 0 bridgehead atoms. The molecule has 1 heterocycles. The van der Waals surface area contributed by atoms with Crippen molar-refractivity contribution in [2.45, 2.75) is 170 Å². The van der Waals surface area contributed by atoms with Crippen LogP contribution in [0.15, 0.2) is 66.7 Å². The predicted octanol–water partition coefficient (Wildman–Crippen LogP) is 15.4. The average molecular weight is 837 g/mol. The van der Waals surface area contributed by atoms with Crippen molar-refractivity contribution in [2.75, 3.05) is 0 Å². The Labute approximate surface area is 370 Å². The molecule has 0 aliphatic carbocycles. The lowest BCUT2D eigenvalue weighted by Crippen LogP contribution is -2.28. The molecule has 0 aromatic heterocycles. The normalized spacial score (nSPS) is 17.9. The zero-order valence-corrected chi connectivity index (χ0v) is 41.6. The molecular formula is C57H73O3P. The highest BCUT2D eigenvalue weighted by atomic mass is 31.1. The van der Waals surface area contributed by atoms with E-state index in [2.05, 4.69) is 191 Å². The van der Waals surface area contributed by atoms with Gasteiger partial charge in [-0.25, -0.2) is 0 Å². The van der Waals surface area contributed by atoms with E-state index in [1.165, 1.54) is 60.9 Å². The summed E-state index contributed by atoms with van der Waals surface area (Å²) in [6.07, 6.45) is 0.837. The Morgan fingerprint density at radius 3 is 1.02 bits per heavy atom. The predicted molar refractivity (Wildman–Crippen MR) is 263 cm³/mol. The molecule has 1 saturated heterocycles. The second-order valence-corrected chi connectivity index (χ2v) is 25.1. The molecule has 0 saturated carbocycles. The van der Waals surface area contributed by atoms with Crippen molar-refractivity contribution in [3.63, 3.8) is 0 Å². The molecule has 2 unspecified atom stereocenters. The van der Waals surface area contributed by atoms with Crippen molar-refractivity contribution in [1.29, 1.82) is 0 Å². The molecule has 1 fully saturated rings. The van der Waals surface area contributed by atoms with Gasteiger partial charge in [-0.3, -0.25) is 4.79 Å². The van der Waals surface area contributed by atoms with Gasteiger partial charge in [0.2, 0.25) is 0 Å². The Hall–Kier alpha value is -4.20. The summed E-state index contributed by atoms with van der Waals surface area (Å²) >= 11 is 0. The fourth-order valence-electron chi connectivity index (χ4n) is 10.2. The van der Waals surface area contributed by atoms with Gasteiger partial charge in [0, 0.05) is 24.2 Å². The van der Waals surface area contributed by atoms with Gasteiger partial charge < -0.3 is 10.2 Å². The Morgan fingerprint density at radius 2 is 0.754 bits per heavy atom. The maximum Gasteiger partial charge on any atom is 0.134 e. The van der Waals surface area contributed by atoms with Gasteiger partial charge in [-0.1, -0.05) is 169 Å². The first-order chi connectivity index (χ1) is 28.0. The first-order valence-electron chi connectivity index (χ1n) is 22.4. The van der Waals surface area contributed by atoms with Gasteiger partial charge in [-0.05, 0) is 146 Å². The molecule has 2 N–H and O–H groups in total. The van der Waals surface area contributed by atoms with Crippen LogP contribution in [0.25, 0.3) is 22.3 Å². The second-order valence-electron chi connectivity index (χ2n) is 22.6. The van der Waals surface area contributed by atoms with E-state index >= 15 is 0 Å². The number of aromatic hydroxyl groups is 2. The summed E-state index contributed by atoms with van der Waals surface area (Å²) in [4.78, 5) is 14.8. The van der Waals surface area contributed by atoms with E-state index in [4.69, 9.17) is 0 Å². The third-order valence-corrected chi connectivity index (χ3v) is 16.3. The van der Waals surface area contributed by atoms with Crippen molar-refractivity contribution < 1.29 is 15.0 Å². The summed E-state index contributed by atoms with van der Waals surface area (Å²) in [5.74, 6) is 0.962. The molecule has 324 valence electrons. The van der Waals surface area contributed by atoms with Crippen LogP contribution in [-0.2, 0) is 26.5 Å². The Bertz CT molecular complexity index is 2240. The third-order valence-electron chi connectivity index (χ3n) is 13.0. The maximum absolute atomic E-state index is 14.8.